The predicted molar refractivity (Wildman–Crippen MR) is 68.1 cm³/mol. The summed E-state index contributed by atoms with van der Waals surface area (Å²) in [5.74, 6) is 0.590. The summed E-state index contributed by atoms with van der Waals surface area (Å²) < 4.78 is 4.01. The van der Waals surface area contributed by atoms with E-state index in [0.29, 0.717) is 5.88 Å². The highest BCUT2D eigenvalue weighted by Gasteiger charge is 2.09. The topological polar surface area (TPSA) is 29.0 Å². The smallest absolute Gasteiger partial charge is 0.205 e. The summed E-state index contributed by atoms with van der Waals surface area (Å²) in [5, 5.41) is 0.921. The lowest BCUT2D eigenvalue weighted by Gasteiger charge is -2.19. The predicted octanol–water partition coefficient (Wildman–Crippen LogP) is 2.78. The molecule has 16 heavy (non-hydrogen) atoms. The average molecular weight is 254 g/mol. The minimum atomic E-state index is 0.590. The van der Waals surface area contributed by atoms with E-state index in [9.17, 15) is 0 Å². The van der Waals surface area contributed by atoms with Gasteiger partial charge in [-0.1, -0.05) is 30.3 Å². The summed E-state index contributed by atoms with van der Waals surface area (Å²) in [4.78, 5) is 6.34. The Balaban J connectivity index is 2.09. The lowest BCUT2D eigenvalue weighted by atomic mass is 10.2. The second kappa shape index (κ2) is 5.82. The third kappa shape index (κ3) is 2.93. The highest BCUT2D eigenvalue weighted by Crippen LogP contribution is 2.17. The number of aromatic nitrogens is 2. The molecule has 0 amide bonds. The van der Waals surface area contributed by atoms with Gasteiger partial charge in [-0.2, -0.15) is 4.37 Å². The van der Waals surface area contributed by atoms with Gasteiger partial charge in [-0.3, -0.25) is 0 Å². The summed E-state index contributed by atoms with van der Waals surface area (Å²) in [6, 6.07) is 10.3. The van der Waals surface area contributed by atoms with Crippen LogP contribution in [0.1, 0.15) is 5.56 Å². The van der Waals surface area contributed by atoms with Gasteiger partial charge in [0.25, 0.3) is 0 Å². The molecule has 0 bridgehead atoms. The Labute approximate surface area is 104 Å². The quantitative estimate of drug-likeness (QED) is 0.768. The van der Waals surface area contributed by atoms with Gasteiger partial charge in [-0.05, 0) is 5.56 Å². The lowest BCUT2D eigenvalue weighted by molar-refractivity contribution is 0.829. The standard InChI is InChI=1S/C11H12ClN3S/c12-6-7-15(11-13-9-14-16-11)8-10-4-2-1-3-5-10/h1-5,9H,6-8H2. The van der Waals surface area contributed by atoms with E-state index in [-0.39, 0.29) is 0 Å². The SMILES string of the molecule is ClCCN(Cc1ccccc1)c1ncns1. The normalized spacial score (nSPS) is 10.3. The molecule has 0 spiro atoms. The first-order chi connectivity index (χ1) is 7.90. The van der Waals surface area contributed by atoms with Crippen molar-refractivity contribution in [3.63, 3.8) is 0 Å². The average Bonchev–Trinajstić information content (AvgIpc) is 2.83. The molecule has 0 radical (unpaired) electrons. The lowest BCUT2D eigenvalue weighted by Crippen LogP contribution is -2.24. The van der Waals surface area contributed by atoms with Crippen LogP contribution in [0.5, 0.6) is 0 Å². The van der Waals surface area contributed by atoms with Gasteiger partial charge in [-0.25, -0.2) is 4.98 Å². The van der Waals surface area contributed by atoms with Crippen LogP contribution >= 0.6 is 23.1 Å². The summed E-state index contributed by atoms with van der Waals surface area (Å²) in [5.41, 5.74) is 1.25. The first-order valence-corrected chi connectivity index (χ1v) is 6.32. The Kier molecular flexibility index (Phi) is 4.13. The van der Waals surface area contributed by atoms with Crippen molar-refractivity contribution in [1.82, 2.24) is 9.36 Å². The van der Waals surface area contributed by atoms with Gasteiger partial charge in [0.2, 0.25) is 5.13 Å². The maximum atomic E-state index is 5.79. The maximum Gasteiger partial charge on any atom is 0.205 e. The molecule has 0 saturated carbocycles. The number of nitrogens with zero attached hydrogens (tertiary/aromatic N) is 3. The van der Waals surface area contributed by atoms with E-state index < -0.39 is 0 Å². The zero-order valence-electron chi connectivity index (χ0n) is 8.71. The Morgan fingerprint density at radius 1 is 1.25 bits per heavy atom. The van der Waals surface area contributed by atoms with Crippen molar-refractivity contribution in [2.75, 3.05) is 17.3 Å². The number of alkyl halides is 1. The molecule has 0 fully saturated rings. The fourth-order valence-corrected chi connectivity index (χ4v) is 2.21. The molecule has 84 valence electrons. The van der Waals surface area contributed by atoms with Crippen LogP contribution in [-0.4, -0.2) is 21.8 Å². The molecule has 3 nitrogen and oxygen atoms in total. The van der Waals surface area contributed by atoms with Crippen LogP contribution < -0.4 is 4.90 Å². The molecule has 0 N–H and O–H groups in total. The zero-order chi connectivity index (χ0) is 11.2. The molecule has 0 aliphatic rings. The summed E-state index contributed by atoms with van der Waals surface area (Å²) in [6.45, 7) is 1.61. The molecule has 2 rings (SSSR count). The van der Waals surface area contributed by atoms with Gasteiger partial charge in [0.05, 0.1) is 0 Å². The Bertz CT molecular complexity index is 404. The Morgan fingerprint density at radius 3 is 2.69 bits per heavy atom. The summed E-state index contributed by atoms with van der Waals surface area (Å²) >= 11 is 7.19. The van der Waals surface area contributed by atoms with Gasteiger partial charge in [0, 0.05) is 30.5 Å². The number of hydrogen-bond acceptors (Lipinski definition) is 4. The number of rotatable bonds is 5. The van der Waals surface area contributed by atoms with Gasteiger partial charge in [0.15, 0.2) is 0 Å². The molecule has 1 aromatic carbocycles. The van der Waals surface area contributed by atoms with E-state index >= 15 is 0 Å². The van der Waals surface area contributed by atoms with Crippen LogP contribution in [0.4, 0.5) is 5.13 Å². The molecule has 0 atom stereocenters. The molecule has 0 aliphatic heterocycles. The number of benzene rings is 1. The number of halogens is 1. The van der Waals surface area contributed by atoms with E-state index in [4.69, 9.17) is 11.6 Å². The first kappa shape index (κ1) is 11.4. The van der Waals surface area contributed by atoms with Crippen molar-refractivity contribution in [2.45, 2.75) is 6.54 Å². The van der Waals surface area contributed by atoms with Crippen LogP contribution in [0.25, 0.3) is 0 Å². The van der Waals surface area contributed by atoms with Crippen molar-refractivity contribution < 1.29 is 0 Å². The fourth-order valence-electron chi connectivity index (χ4n) is 1.45. The van der Waals surface area contributed by atoms with Crippen molar-refractivity contribution in [1.29, 1.82) is 0 Å². The summed E-state index contributed by atoms with van der Waals surface area (Å²) in [7, 11) is 0. The molecule has 1 heterocycles. The van der Waals surface area contributed by atoms with Crippen molar-refractivity contribution in [3.8, 4) is 0 Å². The fraction of sp³-hybridized carbons (Fsp3) is 0.273. The van der Waals surface area contributed by atoms with Crippen molar-refractivity contribution >= 4 is 28.3 Å². The highest BCUT2D eigenvalue weighted by molar-refractivity contribution is 7.09. The van der Waals surface area contributed by atoms with Crippen molar-refractivity contribution in [3.05, 3.63) is 42.2 Å². The molecular weight excluding hydrogens is 242 g/mol. The van der Waals surface area contributed by atoms with Gasteiger partial charge in [-0.15, -0.1) is 11.6 Å². The molecule has 0 aliphatic carbocycles. The minimum Gasteiger partial charge on any atom is -0.341 e. The molecule has 5 heteroatoms. The van der Waals surface area contributed by atoms with E-state index in [1.54, 1.807) is 6.33 Å². The van der Waals surface area contributed by atoms with E-state index in [2.05, 4.69) is 26.4 Å². The van der Waals surface area contributed by atoms with Crippen molar-refractivity contribution in [2.24, 2.45) is 0 Å². The van der Waals surface area contributed by atoms with Crippen LogP contribution in [0, 0.1) is 0 Å². The highest BCUT2D eigenvalue weighted by atomic mass is 35.5. The second-order valence-corrected chi connectivity index (χ2v) is 4.46. The molecule has 1 aromatic heterocycles. The van der Waals surface area contributed by atoms with Gasteiger partial charge >= 0.3 is 0 Å². The monoisotopic (exact) mass is 253 g/mol. The van der Waals surface area contributed by atoms with Gasteiger partial charge < -0.3 is 4.90 Å². The number of anilines is 1. The van der Waals surface area contributed by atoms with Crippen LogP contribution in [0.2, 0.25) is 0 Å². The van der Waals surface area contributed by atoms with Crippen LogP contribution in [-0.2, 0) is 6.54 Å². The zero-order valence-corrected chi connectivity index (χ0v) is 10.3. The molecule has 0 unspecified atom stereocenters. The first-order valence-electron chi connectivity index (χ1n) is 5.01. The van der Waals surface area contributed by atoms with Gasteiger partial charge in [0.1, 0.15) is 6.33 Å². The maximum absolute atomic E-state index is 5.79. The molecule has 0 saturated heterocycles. The minimum absolute atomic E-state index is 0.590. The Morgan fingerprint density at radius 2 is 2.06 bits per heavy atom. The van der Waals surface area contributed by atoms with E-state index in [1.807, 2.05) is 18.2 Å². The molecule has 2 aromatic rings. The van der Waals surface area contributed by atoms with Crippen LogP contribution in [0.3, 0.4) is 0 Å². The summed E-state index contributed by atoms with van der Waals surface area (Å²) in [6.07, 6.45) is 1.58. The van der Waals surface area contributed by atoms with E-state index in [1.165, 1.54) is 17.1 Å². The number of hydrogen-bond donors (Lipinski definition) is 0. The largest absolute Gasteiger partial charge is 0.341 e. The third-order valence-electron chi connectivity index (χ3n) is 2.19. The van der Waals surface area contributed by atoms with E-state index in [0.717, 1.165) is 18.2 Å². The third-order valence-corrected chi connectivity index (χ3v) is 3.09. The molecular formula is C11H12ClN3S. The Hall–Kier alpha value is -1.13. The van der Waals surface area contributed by atoms with Crippen LogP contribution in [0.15, 0.2) is 36.7 Å². The second-order valence-electron chi connectivity index (χ2n) is 3.32.